The predicted molar refractivity (Wildman–Crippen MR) is 141 cm³/mol. The van der Waals surface area contributed by atoms with Crippen molar-refractivity contribution in [3.8, 4) is 0 Å². The zero-order valence-corrected chi connectivity index (χ0v) is 23.5. The first kappa shape index (κ1) is 26.7. The molecule has 0 spiro atoms. The number of hydrogen-bond donors (Lipinski definition) is 1. The number of rotatable bonds is 5. The number of hydrogen-bond acceptors (Lipinski definition) is 4. The summed E-state index contributed by atoms with van der Waals surface area (Å²) >= 11 is 0. The van der Waals surface area contributed by atoms with Gasteiger partial charge >= 0.3 is 5.97 Å². The molecule has 0 unspecified atom stereocenters. The molecule has 10 atom stereocenters. The number of nitrogens with zero attached hydrogens (tertiary/aromatic N) is 1. The van der Waals surface area contributed by atoms with E-state index in [0.717, 1.165) is 42.6 Å². The van der Waals surface area contributed by atoms with Crippen LogP contribution in [-0.4, -0.2) is 49.1 Å². The third-order valence-electron chi connectivity index (χ3n) is 11.6. The highest BCUT2D eigenvalue weighted by molar-refractivity contribution is 5.92. The van der Waals surface area contributed by atoms with E-state index in [1.165, 1.54) is 39.0 Å². The van der Waals surface area contributed by atoms with Gasteiger partial charge in [-0.1, -0.05) is 19.9 Å². The Morgan fingerprint density at radius 1 is 0.943 bits per heavy atom. The molecular formula is C30H50N2O3. The largest absolute Gasteiger partial charge is 0.460 e. The minimum absolute atomic E-state index is 0.0348. The van der Waals surface area contributed by atoms with Crippen molar-refractivity contribution in [3.63, 3.8) is 0 Å². The van der Waals surface area contributed by atoms with Gasteiger partial charge in [-0.15, -0.1) is 0 Å². The van der Waals surface area contributed by atoms with E-state index in [1.807, 2.05) is 19.9 Å². The van der Waals surface area contributed by atoms with Gasteiger partial charge in [-0.3, -0.25) is 9.59 Å². The summed E-state index contributed by atoms with van der Waals surface area (Å²) in [5, 5.41) is 3.23. The molecule has 198 valence electrons. The molecule has 0 heterocycles. The van der Waals surface area contributed by atoms with Crippen LogP contribution >= 0.6 is 0 Å². The summed E-state index contributed by atoms with van der Waals surface area (Å²) in [7, 11) is 4.48. The van der Waals surface area contributed by atoms with Crippen molar-refractivity contribution in [2.75, 3.05) is 14.1 Å². The standard InChI is InChI=1S/C30H50N2O3/c1-9-18(2)28(34)31-26-15-17-30(6)24-14-16-29(5)22(19(3)32(7)8)12-13-23(29)21(24)10-11-25(30)27(26)35-20(4)33/h9,19,21-27H,10-17H2,1-8H3,(H,31,34)/t19-,21-,22+,23-,24-,25-,26-,27+,29+,30+/m0/s1. The number of ether oxygens (including phenoxy) is 1. The highest BCUT2D eigenvalue weighted by atomic mass is 16.5. The lowest BCUT2D eigenvalue weighted by Gasteiger charge is -2.62. The second-order valence-electron chi connectivity index (χ2n) is 13.2. The molecule has 4 aliphatic carbocycles. The van der Waals surface area contributed by atoms with Gasteiger partial charge in [0.15, 0.2) is 0 Å². The van der Waals surface area contributed by atoms with E-state index in [-0.39, 0.29) is 29.4 Å². The molecule has 5 heteroatoms. The Balaban J connectivity index is 1.57. The van der Waals surface area contributed by atoms with E-state index in [4.69, 9.17) is 4.74 Å². The normalized spacial score (nSPS) is 44.1. The van der Waals surface area contributed by atoms with Crippen molar-refractivity contribution >= 4 is 11.9 Å². The maximum atomic E-state index is 12.7. The Morgan fingerprint density at radius 2 is 1.57 bits per heavy atom. The fourth-order valence-electron chi connectivity index (χ4n) is 9.42. The van der Waals surface area contributed by atoms with Gasteiger partial charge in [0.1, 0.15) is 6.10 Å². The van der Waals surface area contributed by atoms with Gasteiger partial charge in [0.05, 0.1) is 6.04 Å². The van der Waals surface area contributed by atoms with E-state index in [2.05, 4.69) is 45.1 Å². The Morgan fingerprint density at radius 3 is 2.20 bits per heavy atom. The second kappa shape index (κ2) is 9.84. The Bertz CT molecular complexity index is 853. The van der Waals surface area contributed by atoms with Gasteiger partial charge in [0, 0.05) is 24.5 Å². The second-order valence-corrected chi connectivity index (χ2v) is 13.2. The fraction of sp³-hybridized carbons (Fsp3) is 0.867. The lowest BCUT2D eigenvalue weighted by atomic mass is 9.44. The van der Waals surface area contributed by atoms with Gasteiger partial charge in [-0.2, -0.15) is 0 Å². The molecule has 0 bridgehead atoms. The van der Waals surface area contributed by atoms with Crippen LogP contribution in [0.3, 0.4) is 0 Å². The molecule has 0 aromatic carbocycles. The van der Waals surface area contributed by atoms with Crippen molar-refractivity contribution in [3.05, 3.63) is 11.6 Å². The molecular weight excluding hydrogens is 436 g/mol. The number of carbonyl (C=O) groups is 2. The van der Waals surface area contributed by atoms with Crippen molar-refractivity contribution < 1.29 is 14.3 Å². The number of fused-ring (bicyclic) bond motifs is 5. The van der Waals surface area contributed by atoms with Crippen LogP contribution in [0.2, 0.25) is 0 Å². The van der Waals surface area contributed by atoms with Crippen molar-refractivity contribution in [2.24, 2.45) is 40.4 Å². The highest BCUT2D eigenvalue weighted by Gasteiger charge is 2.62. The Kier molecular flexibility index (Phi) is 7.50. The quantitative estimate of drug-likeness (QED) is 0.407. The van der Waals surface area contributed by atoms with E-state index in [9.17, 15) is 9.59 Å². The molecule has 0 radical (unpaired) electrons. The number of esters is 1. The van der Waals surface area contributed by atoms with Gasteiger partial charge in [-0.05, 0) is 121 Å². The average molecular weight is 487 g/mol. The molecule has 4 fully saturated rings. The van der Waals surface area contributed by atoms with Crippen molar-refractivity contribution in [2.45, 2.75) is 111 Å². The van der Waals surface area contributed by atoms with Crippen LogP contribution in [-0.2, 0) is 14.3 Å². The van der Waals surface area contributed by atoms with Crippen LogP contribution in [0.25, 0.3) is 0 Å². The number of nitrogens with one attached hydrogen (secondary N) is 1. The van der Waals surface area contributed by atoms with Crippen LogP contribution < -0.4 is 5.32 Å². The summed E-state index contributed by atoms with van der Waals surface area (Å²) in [5.74, 6) is 3.13. The van der Waals surface area contributed by atoms with E-state index in [1.54, 1.807) is 0 Å². The van der Waals surface area contributed by atoms with Gasteiger partial charge in [-0.25, -0.2) is 0 Å². The molecule has 0 aliphatic heterocycles. The summed E-state index contributed by atoms with van der Waals surface area (Å²) in [6.45, 7) is 12.8. The first-order chi connectivity index (χ1) is 16.4. The van der Waals surface area contributed by atoms with Gasteiger partial charge < -0.3 is 15.0 Å². The Hall–Kier alpha value is -1.36. The molecule has 1 N–H and O–H groups in total. The summed E-state index contributed by atoms with van der Waals surface area (Å²) in [4.78, 5) is 27.3. The molecule has 4 aliphatic rings. The predicted octanol–water partition coefficient (Wildman–Crippen LogP) is 5.59. The molecule has 5 nitrogen and oxygen atoms in total. The molecule has 4 rings (SSSR count). The van der Waals surface area contributed by atoms with Crippen LogP contribution in [0, 0.1) is 40.4 Å². The topological polar surface area (TPSA) is 58.6 Å². The summed E-state index contributed by atoms with van der Waals surface area (Å²) in [5.41, 5.74) is 1.34. The minimum Gasteiger partial charge on any atom is -0.460 e. The maximum absolute atomic E-state index is 12.7. The first-order valence-electron chi connectivity index (χ1n) is 14.2. The van der Waals surface area contributed by atoms with Crippen molar-refractivity contribution in [1.82, 2.24) is 10.2 Å². The SMILES string of the molecule is CC=C(C)C(=O)N[C@H]1CC[C@]2(C)[C@H]3CC[C@]4(C)[C@@H]([C@H](C)N(C)C)CC[C@H]4[C@@H]3CC[C@H]2[C@H]1OC(C)=O. The highest BCUT2D eigenvalue weighted by Crippen LogP contribution is 2.68. The molecule has 0 aromatic rings. The van der Waals surface area contributed by atoms with E-state index < -0.39 is 0 Å². The van der Waals surface area contributed by atoms with Crippen LogP contribution in [0.5, 0.6) is 0 Å². The Labute approximate surface area is 213 Å². The van der Waals surface area contributed by atoms with Crippen LogP contribution in [0.1, 0.15) is 92.9 Å². The van der Waals surface area contributed by atoms with Crippen molar-refractivity contribution in [1.29, 1.82) is 0 Å². The summed E-state index contributed by atoms with van der Waals surface area (Å²) < 4.78 is 6.04. The number of amides is 1. The van der Waals surface area contributed by atoms with Crippen LogP contribution in [0.4, 0.5) is 0 Å². The molecule has 1 amide bonds. The fourth-order valence-corrected chi connectivity index (χ4v) is 9.42. The molecule has 0 aromatic heterocycles. The molecule has 4 saturated carbocycles. The zero-order valence-electron chi connectivity index (χ0n) is 23.5. The average Bonchev–Trinajstić information content (AvgIpc) is 3.16. The third-order valence-corrected chi connectivity index (χ3v) is 11.6. The summed E-state index contributed by atoms with van der Waals surface area (Å²) in [6.07, 6.45) is 11.3. The van der Waals surface area contributed by atoms with E-state index in [0.29, 0.717) is 23.3 Å². The zero-order chi connectivity index (χ0) is 25.7. The number of carbonyl (C=O) groups excluding carboxylic acids is 2. The third kappa shape index (κ3) is 4.49. The monoisotopic (exact) mass is 486 g/mol. The lowest BCUT2D eigenvalue weighted by molar-refractivity contribution is -0.180. The molecule has 0 saturated heterocycles. The lowest BCUT2D eigenvalue weighted by Crippen LogP contribution is -2.62. The number of allylic oxidation sites excluding steroid dienone is 1. The van der Waals surface area contributed by atoms with Gasteiger partial charge in [0.2, 0.25) is 5.91 Å². The van der Waals surface area contributed by atoms with Gasteiger partial charge in [0.25, 0.3) is 0 Å². The minimum atomic E-state index is -0.226. The first-order valence-corrected chi connectivity index (χ1v) is 14.2. The summed E-state index contributed by atoms with van der Waals surface area (Å²) in [6, 6.07) is 0.531. The smallest absolute Gasteiger partial charge is 0.302 e. The maximum Gasteiger partial charge on any atom is 0.302 e. The van der Waals surface area contributed by atoms with E-state index >= 15 is 0 Å². The molecule has 35 heavy (non-hydrogen) atoms. The van der Waals surface area contributed by atoms with Crippen LogP contribution in [0.15, 0.2) is 11.6 Å².